The van der Waals surface area contributed by atoms with Gasteiger partial charge in [-0.05, 0) is 59.2 Å². The fourth-order valence-electron chi connectivity index (χ4n) is 4.24. The molecular formula is C32H39NO4. The van der Waals surface area contributed by atoms with Crippen molar-refractivity contribution in [3.8, 4) is 16.9 Å². The van der Waals surface area contributed by atoms with Crippen molar-refractivity contribution >= 4 is 11.9 Å². The summed E-state index contributed by atoms with van der Waals surface area (Å²) in [5.41, 5.74) is 5.81. The molecule has 0 aliphatic heterocycles. The van der Waals surface area contributed by atoms with Crippen LogP contribution < -0.4 is 4.74 Å². The summed E-state index contributed by atoms with van der Waals surface area (Å²) < 4.78 is 5.23. The third-order valence-electron chi connectivity index (χ3n) is 6.44. The van der Waals surface area contributed by atoms with Crippen molar-refractivity contribution in [2.24, 2.45) is 0 Å². The van der Waals surface area contributed by atoms with Crippen molar-refractivity contribution in [1.82, 2.24) is 4.90 Å². The Hall–Kier alpha value is -3.60. The summed E-state index contributed by atoms with van der Waals surface area (Å²) in [7, 11) is 0. The molecule has 196 valence electrons. The van der Waals surface area contributed by atoms with Gasteiger partial charge in [0.1, 0.15) is 5.75 Å². The summed E-state index contributed by atoms with van der Waals surface area (Å²) in [6.07, 6.45) is 7.08. The fourth-order valence-corrected chi connectivity index (χ4v) is 4.24. The Balaban J connectivity index is 1.68. The van der Waals surface area contributed by atoms with E-state index in [-0.39, 0.29) is 12.5 Å². The molecule has 0 heterocycles. The van der Waals surface area contributed by atoms with Crippen molar-refractivity contribution in [1.29, 1.82) is 0 Å². The largest absolute Gasteiger partial charge is 0.482 e. The molecular weight excluding hydrogens is 462 g/mol. The van der Waals surface area contributed by atoms with Gasteiger partial charge < -0.3 is 14.7 Å². The third kappa shape index (κ3) is 9.41. The number of benzene rings is 3. The quantitative estimate of drug-likeness (QED) is 0.222. The highest BCUT2D eigenvalue weighted by molar-refractivity contribution is 5.76. The minimum absolute atomic E-state index is 0.145. The molecule has 0 bridgehead atoms. The standard InChI is InChI=1S/C32H39NO4/c1-3-5-7-9-31(34)33(23-27-14-20-30(21-15-27)37-24-32(35)36)22-26-12-18-29(19-13-26)28-16-10-25(11-17-28)8-6-4-2/h10-21H,3-9,22-24H2,1-2H3,(H,35,36). The first-order valence-electron chi connectivity index (χ1n) is 13.4. The highest BCUT2D eigenvalue weighted by Crippen LogP contribution is 2.23. The average Bonchev–Trinajstić information content (AvgIpc) is 2.92. The molecule has 0 aliphatic carbocycles. The van der Waals surface area contributed by atoms with Gasteiger partial charge in [0.2, 0.25) is 5.91 Å². The summed E-state index contributed by atoms with van der Waals surface area (Å²) >= 11 is 0. The Kier molecular flexibility index (Phi) is 11.2. The molecule has 5 heteroatoms. The van der Waals surface area contributed by atoms with Crippen LogP contribution in [0.4, 0.5) is 0 Å². The van der Waals surface area contributed by atoms with Crippen LogP contribution >= 0.6 is 0 Å². The van der Waals surface area contributed by atoms with Crippen LogP contribution in [-0.2, 0) is 29.1 Å². The van der Waals surface area contributed by atoms with Gasteiger partial charge in [-0.15, -0.1) is 0 Å². The van der Waals surface area contributed by atoms with E-state index in [4.69, 9.17) is 9.84 Å². The number of carbonyl (C=O) groups is 2. The summed E-state index contributed by atoms with van der Waals surface area (Å²) in [4.78, 5) is 25.7. The van der Waals surface area contributed by atoms with Gasteiger partial charge in [-0.1, -0.05) is 93.8 Å². The van der Waals surface area contributed by atoms with E-state index in [9.17, 15) is 9.59 Å². The van der Waals surface area contributed by atoms with Crippen LogP contribution in [0, 0.1) is 0 Å². The molecule has 1 N–H and O–H groups in total. The maximum absolute atomic E-state index is 13.1. The molecule has 0 saturated carbocycles. The number of nitrogens with zero attached hydrogens (tertiary/aromatic N) is 1. The van der Waals surface area contributed by atoms with Gasteiger partial charge in [-0.3, -0.25) is 4.79 Å². The lowest BCUT2D eigenvalue weighted by atomic mass is 10.0. The number of aliphatic carboxylic acids is 1. The number of carboxylic acid groups (broad SMARTS) is 1. The summed E-state index contributed by atoms with van der Waals surface area (Å²) in [6, 6.07) is 24.6. The van der Waals surface area contributed by atoms with E-state index >= 15 is 0 Å². The molecule has 3 rings (SSSR count). The summed E-state index contributed by atoms with van der Waals surface area (Å²) in [5, 5.41) is 8.79. The Morgan fingerprint density at radius 1 is 0.703 bits per heavy atom. The maximum Gasteiger partial charge on any atom is 0.341 e. The Bertz CT molecular complexity index is 1110. The normalized spacial score (nSPS) is 10.8. The molecule has 0 fully saturated rings. The van der Waals surface area contributed by atoms with Crippen LogP contribution in [0.15, 0.2) is 72.8 Å². The number of rotatable bonds is 15. The van der Waals surface area contributed by atoms with Gasteiger partial charge in [0.25, 0.3) is 0 Å². The zero-order chi connectivity index (χ0) is 26.5. The topological polar surface area (TPSA) is 66.8 Å². The predicted molar refractivity (Wildman–Crippen MR) is 148 cm³/mol. The van der Waals surface area contributed by atoms with Gasteiger partial charge in [-0.2, -0.15) is 0 Å². The molecule has 0 spiro atoms. The number of unbranched alkanes of at least 4 members (excludes halogenated alkanes) is 3. The third-order valence-corrected chi connectivity index (χ3v) is 6.44. The lowest BCUT2D eigenvalue weighted by molar-refractivity contribution is -0.139. The summed E-state index contributed by atoms with van der Waals surface area (Å²) in [6.45, 7) is 5.01. The number of amides is 1. The van der Waals surface area contributed by atoms with Crippen LogP contribution in [0.5, 0.6) is 5.75 Å². The molecule has 3 aromatic carbocycles. The van der Waals surface area contributed by atoms with Gasteiger partial charge >= 0.3 is 5.97 Å². The molecule has 0 atom stereocenters. The number of aryl methyl sites for hydroxylation is 1. The monoisotopic (exact) mass is 501 g/mol. The minimum Gasteiger partial charge on any atom is -0.482 e. The first kappa shape index (κ1) is 28.0. The first-order valence-corrected chi connectivity index (χ1v) is 13.4. The van der Waals surface area contributed by atoms with E-state index in [0.717, 1.165) is 36.8 Å². The van der Waals surface area contributed by atoms with Gasteiger partial charge in [0.15, 0.2) is 6.61 Å². The number of hydrogen-bond donors (Lipinski definition) is 1. The number of ether oxygens (including phenoxy) is 1. The fraction of sp³-hybridized carbons (Fsp3) is 0.375. The highest BCUT2D eigenvalue weighted by Gasteiger charge is 2.15. The molecule has 0 saturated heterocycles. The predicted octanol–water partition coefficient (Wildman–Crippen LogP) is 7.27. The van der Waals surface area contributed by atoms with Crippen molar-refractivity contribution in [2.75, 3.05) is 6.61 Å². The zero-order valence-electron chi connectivity index (χ0n) is 22.1. The van der Waals surface area contributed by atoms with Crippen molar-refractivity contribution < 1.29 is 19.4 Å². The zero-order valence-corrected chi connectivity index (χ0v) is 22.1. The van der Waals surface area contributed by atoms with E-state index in [1.165, 1.54) is 29.5 Å². The van der Waals surface area contributed by atoms with Crippen molar-refractivity contribution in [2.45, 2.75) is 71.9 Å². The molecule has 37 heavy (non-hydrogen) atoms. The maximum atomic E-state index is 13.1. The minimum atomic E-state index is -1.01. The molecule has 1 amide bonds. The second kappa shape index (κ2) is 14.8. The second-order valence-corrected chi connectivity index (χ2v) is 9.53. The lowest BCUT2D eigenvalue weighted by Gasteiger charge is -2.23. The second-order valence-electron chi connectivity index (χ2n) is 9.53. The number of hydrogen-bond acceptors (Lipinski definition) is 3. The average molecular weight is 502 g/mol. The van der Waals surface area contributed by atoms with Crippen LogP contribution in [0.2, 0.25) is 0 Å². The number of carbonyl (C=O) groups excluding carboxylic acids is 1. The smallest absolute Gasteiger partial charge is 0.341 e. The van der Waals surface area contributed by atoms with Crippen molar-refractivity contribution in [3.05, 3.63) is 89.5 Å². The molecule has 0 aliphatic rings. The summed E-state index contributed by atoms with van der Waals surface area (Å²) in [5.74, 6) is -0.365. The molecule has 0 aromatic heterocycles. The van der Waals surface area contributed by atoms with Crippen LogP contribution in [0.3, 0.4) is 0 Å². The molecule has 0 radical (unpaired) electrons. The lowest BCUT2D eigenvalue weighted by Crippen LogP contribution is -2.29. The van der Waals surface area contributed by atoms with Crippen LogP contribution in [0.1, 0.15) is 69.1 Å². The van der Waals surface area contributed by atoms with Gasteiger partial charge in [-0.25, -0.2) is 4.79 Å². The van der Waals surface area contributed by atoms with E-state index in [2.05, 4.69) is 62.4 Å². The highest BCUT2D eigenvalue weighted by atomic mass is 16.5. The molecule has 5 nitrogen and oxygen atoms in total. The Morgan fingerprint density at radius 3 is 1.73 bits per heavy atom. The SMILES string of the molecule is CCCCCC(=O)N(Cc1ccc(OCC(=O)O)cc1)Cc1ccc(-c2ccc(CCCC)cc2)cc1. The van der Waals surface area contributed by atoms with Gasteiger partial charge in [0, 0.05) is 19.5 Å². The number of carboxylic acids is 1. The van der Waals surface area contributed by atoms with E-state index in [0.29, 0.717) is 25.3 Å². The Labute approximate surface area is 221 Å². The van der Waals surface area contributed by atoms with E-state index in [1.807, 2.05) is 17.0 Å². The van der Waals surface area contributed by atoms with Crippen molar-refractivity contribution in [3.63, 3.8) is 0 Å². The Morgan fingerprint density at radius 2 is 1.22 bits per heavy atom. The van der Waals surface area contributed by atoms with Crippen LogP contribution in [0.25, 0.3) is 11.1 Å². The first-order chi connectivity index (χ1) is 18.0. The molecule has 3 aromatic rings. The van der Waals surface area contributed by atoms with Gasteiger partial charge in [0.05, 0.1) is 0 Å². The molecule has 0 unspecified atom stereocenters. The van der Waals surface area contributed by atoms with E-state index < -0.39 is 5.97 Å². The van der Waals surface area contributed by atoms with Crippen LogP contribution in [-0.4, -0.2) is 28.5 Å². The van der Waals surface area contributed by atoms with E-state index in [1.54, 1.807) is 12.1 Å².